The first-order chi connectivity index (χ1) is 10.2. The number of hydrogen-bond donors (Lipinski definition) is 2. The van der Waals surface area contributed by atoms with Crippen LogP contribution >= 0.6 is 11.6 Å². The smallest absolute Gasteiger partial charge is 0.333 e. The van der Waals surface area contributed by atoms with E-state index in [0.717, 1.165) is 44.2 Å². The molecular weight excluding hydrogens is 317 g/mol. The molecule has 1 aromatic carbocycles. The molecule has 0 unspecified atom stereocenters. The summed E-state index contributed by atoms with van der Waals surface area (Å²) in [5.74, 6) is 0. The van der Waals surface area contributed by atoms with Gasteiger partial charge >= 0.3 is 12.2 Å². The van der Waals surface area contributed by atoms with Gasteiger partial charge in [-0.3, -0.25) is 0 Å². The Kier molecular flexibility index (Phi) is 4.90. The van der Waals surface area contributed by atoms with E-state index in [4.69, 9.17) is 11.6 Å². The number of halogens is 4. The van der Waals surface area contributed by atoms with Gasteiger partial charge in [-0.05, 0) is 38.0 Å². The average Bonchev–Trinajstić information content (AvgIpc) is 2.40. The van der Waals surface area contributed by atoms with E-state index in [9.17, 15) is 18.0 Å². The van der Waals surface area contributed by atoms with Crippen LogP contribution in [0, 0.1) is 0 Å². The lowest BCUT2D eigenvalue weighted by molar-refractivity contribution is -0.137. The van der Waals surface area contributed by atoms with E-state index in [0.29, 0.717) is 0 Å². The summed E-state index contributed by atoms with van der Waals surface area (Å²) in [7, 11) is 0. The molecule has 22 heavy (non-hydrogen) atoms. The zero-order chi connectivity index (χ0) is 16.4. The minimum atomic E-state index is -4.55. The van der Waals surface area contributed by atoms with Gasteiger partial charge in [-0.1, -0.05) is 30.9 Å². The van der Waals surface area contributed by atoms with Crippen molar-refractivity contribution >= 4 is 23.3 Å². The first-order valence-electron chi connectivity index (χ1n) is 7.16. The molecule has 0 atom stereocenters. The van der Waals surface area contributed by atoms with E-state index in [1.807, 2.05) is 6.92 Å². The van der Waals surface area contributed by atoms with Gasteiger partial charge in [-0.15, -0.1) is 0 Å². The van der Waals surface area contributed by atoms with Gasteiger partial charge in [0.1, 0.15) is 0 Å². The van der Waals surface area contributed by atoms with Gasteiger partial charge in [0, 0.05) is 11.2 Å². The van der Waals surface area contributed by atoms with Gasteiger partial charge in [-0.2, -0.15) is 13.2 Å². The first-order valence-corrected chi connectivity index (χ1v) is 7.53. The fourth-order valence-corrected chi connectivity index (χ4v) is 2.94. The second kappa shape index (κ2) is 6.36. The van der Waals surface area contributed by atoms with Gasteiger partial charge in [0.25, 0.3) is 0 Å². The molecular formula is C15H18ClF3N2O. The maximum absolute atomic E-state index is 12.8. The third kappa shape index (κ3) is 4.29. The third-order valence-corrected chi connectivity index (χ3v) is 4.23. The summed E-state index contributed by atoms with van der Waals surface area (Å²) in [6, 6.07) is 2.81. The average molecular weight is 335 g/mol. The minimum absolute atomic E-state index is 0.0636. The Morgan fingerprint density at radius 1 is 1.23 bits per heavy atom. The molecule has 0 saturated heterocycles. The summed E-state index contributed by atoms with van der Waals surface area (Å²) in [6.07, 6.45) is 0.404. The normalized spacial score (nSPS) is 17.9. The second-order valence-corrected chi connectivity index (χ2v) is 6.30. The monoisotopic (exact) mass is 334 g/mol. The summed E-state index contributed by atoms with van der Waals surface area (Å²) < 4.78 is 38.4. The predicted octanol–water partition coefficient (Wildman–Crippen LogP) is 5.20. The SMILES string of the molecule is CC1(NC(=O)Nc2ccc(Cl)c(C(F)(F)F)c2)CCCCC1. The Labute approximate surface area is 132 Å². The van der Waals surface area contributed by atoms with Crippen molar-refractivity contribution in [2.24, 2.45) is 0 Å². The van der Waals surface area contributed by atoms with E-state index in [1.54, 1.807) is 0 Å². The standard InChI is InChI=1S/C15H18ClF3N2O/c1-14(7-3-2-4-8-14)21-13(22)20-10-5-6-12(16)11(9-10)15(17,18)19/h5-6,9H,2-4,7-8H2,1H3,(H2,20,21,22). The highest BCUT2D eigenvalue weighted by Gasteiger charge is 2.34. The number of rotatable bonds is 2. The maximum atomic E-state index is 12.8. The van der Waals surface area contributed by atoms with Crippen LogP contribution in [0.4, 0.5) is 23.7 Å². The van der Waals surface area contributed by atoms with Crippen LogP contribution in [-0.2, 0) is 6.18 Å². The van der Waals surface area contributed by atoms with Crippen LogP contribution in [0.5, 0.6) is 0 Å². The van der Waals surface area contributed by atoms with Crippen molar-refractivity contribution < 1.29 is 18.0 Å². The lowest BCUT2D eigenvalue weighted by atomic mass is 9.83. The van der Waals surface area contributed by atoms with Crippen molar-refractivity contribution in [1.82, 2.24) is 5.32 Å². The molecule has 2 amide bonds. The molecule has 1 fully saturated rings. The fourth-order valence-electron chi connectivity index (χ4n) is 2.71. The number of benzene rings is 1. The molecule has 2 N–H and O–H groups in total. The van der Waals surface area contributed by atoms with Crippen molar-refractivity contribution in [1.29, 1.82) is 0 Å². The van der Waals surface area contributed by atoms with E-state index in [1.165, 1.54) is 6.07 Å². The number of carbonyl (C=O) groups is 1. The zero-order valence-electron chi connectivity index (χ0n) is 12.2. The molecule has 0 aliphatic heterocycles. The molecule has 0 aromatic heterocycles. The van der Waals surface area contributed by atoms with Crippen LogP contribution in [0.15, 0.2) is 18.2 Å². The van der Waals surface area contributed by atoms with Crippen molar-refractivity contribution in [2.75, 3.05) is 5.32 Å². The molecule has 3 nitrogen and oxygen atoms in total. The lowest BCUT2D eigenvalue weighted by Gasteiger charge is -2.34. The molecule has 1 aliphatic carbocycles. The molecule has 0 bridgehead atoms. The first kappa shape index (κ1) is 16.9. The molecule has 1 aliphatic rings. The van der Waals surface area contributed by atoms with Crippen LogP contribution in [0.25, 0.3) is 0 Å². The Balaban J connectivity index is 2.05. The molecule has 1 saturated carbocycles. The predicted molar refractivity (Wildman–Crippen MR) is 80.1 cm³/mol. The molecule has 7 heteroatoms. The highest BCUT2D eigenvalue weighted by atomic mass is 35.5. The van der Waals surface area contributed by atoms with Crippen molar-refractivity contribution in [3.63, 3.8) is 0 Å². The highest BCUT2D eigenvalue weighted by molar-refractivity contribution is 6.31. The van der Waals surface area contributed by atoms with Gasteiger partial charge in [0.05, 0.1) is 10.6 Å². The quantitative estimate of drug-likeness (QED) is 0.766. The number of anilines is 1. The van der Waals surface area contributed by atoms with Crippen molar-refractivity contribution in [2.45, 2.75) is 50.7 Å². The van der Waals surface area contributed by atoms with E-state index >= 15 is 0 Å². The molecule has 1 aromatic rings. The summed E-state index contributed by atoms with van der Waals surface area (Å²) in [6.45, 7) is 1.95. The minimum Gasteiger partial charge on any atom is -0.333 e. The third-order valence-electron chi connectivity index (χ3n) is 3.90. The Bertz CT molecular complexity index is 554. The number of amides is 2. The largest absolute Gasteiger partial charge is 0.417 e. The highest BCUT2D eigenvalue weighted by Crippen LogP contribution is 2.36. The zero-order valence-corrected chi connectivity index (χ0v) is 12.9. The number of hydrogen-bond acceptors (Lipinski definition) is 1. The molecule has 0 heterocycles. The number of nitrogens with one attached hydrogen (secondary N) is 2. The summed E-state index contributed by atoms with van der Waals surface area (Å²) in [5, 5.41) is 4.91. The van der Waals surface area contributed by atoms with Gasteiger partial charge in [0.15, 0.2) is 0 Å². The Hall–Kier alpha value is -1.43. The van der Waals surface area contributed by atoms with Gasteiger partial charge < -0.3 is 10.6 Å². The van der Waals surface area contributed by atoms with Crippen LogP contribution < -0.4 is 10.6 Å². The van der Waals surface area contributed by atoms with Gasteiger partial charge in [-0.25, -0.2) is 4.79 Å². The van der Waals surface area contributed by atoms with Crippen LogP contribution in [-0.4, -0.2) is 11.6 Å². The van der Waals surface area contributed by atoms with Crippen LogP contribution in [0.2, 0.25) is 5.02 Å². The van der Waals surface area contributed by atoms with E-state index in [2.05, 4.69) is 10.6 Å². The summed E-state index contributed by atoms with van der Waals surface area (Å²) in [4.78, 5) is 12.0. The summed E-state index contributed by atoms with van der Waals surface area (Å²) >= 11 is 5.55. The fraction of sp³-hybridized carbons (Fsp3) is 0.533. The number of alkyl halides is 3. The molecule has 0 spiro atoms. The van der Waals surface area contributed by atoms with Crippen LogP contribution in [0.3, 0.4) is 0 Å². The van der Waals surface area contributed by atoms with Crippen molar-refractivity contribution in [3.05, 3.63) is 28.8 Å². The number of urea groups is 1. The topological polar surface area (TPSA) is 41.1 Å². The van der Waals surface area contributed by atoms with Crippen LogP contribution in [0.1, 0.15) is 44.6 Å². The van der Waals surface area contributed by atoms with Gasteiger partial charge in [0.2, 0.25) is 0 Å². The lowest BCUT2D eigenvalue weighted by Crippen LogP contribution is -2.48. The van der Waals surface area contributed by atoms with Crippen molar-refractivity contribution in [3.8, 4) is 0 Å². The Morgan fingerprint density at radius 3 is 2.45 bits per heavy atom. The molecule has 0 radical (unpaired) electrons. The van der Waals surface area contributed by atoms with E-state index < -0.39 is 22.8 Å². The second-order valence-electron chi connectivity index (χ2n) is 5.89. The van der Waals surface area contributed by atoms with E-state index in [-0.39, 0.29) is 11.2 Å². The maximum Gasteiger partial charge on any atom is 0.417 e. The Morgan fingerprint density at radius 2 is 1.86 bits per heavy atom. The number of carbonyl (C=O) groups excluding carboxylic acids is 1. The summed E-state index contributed by atoms with van der Waals surface area (Å²) in [5.41, 5.74) is -1.20. The molecule has 2 rings (SSSR count). The molecule has 122 valence electrons.